The molecule has 0 atom stereocenters. The van der Waals surface area contributed by atoms with Crippen LogP contribution in [0, 0.1) is 0 Å². The van der Waals surface area contributed by atoms with E-state index in [9.17, 15) is 4.79 Å². The molecule has 0 fully saturated rings. The van der Waals surface area contributed by atoms with Crippen LogP contribution in [0.25, 0.3) is 6.08 Å². The van der Waals surface area contributed by atoms with E-state index >= 15 is 0 Å². The summed E-state index contributed by atoms with van der Waals surface area (Å²) in [7, 11) is 0. The van der Waals surface area contributed by atoms with Crippen LogP contribution in [0.3, 0.4) is 0 Å². The summed E-state index contributed by atoms with van der Waals surface area (Å²) in [6.07, 6.45) is 3.95. The summed E-state index contributed by atoms with van der Waals surface area (Å²) in [5.41, 5.74) is 1.16. The number of carboxylic acid groups (broad SMARTS) is 1. The minimum Gasteiger partial charge on any atom is -0.478 e. The molecule has 0 aliphatic rings. The molecule has 1 aromatic rings. The highest BCUT2D eigenvalue weighted by molar-refractivity contribution is 6.30. The van der Waals surface area contributed by atoms with E-state index in [1.54, 1.807) is 18.2 Å². The van der Waals surface area contributed by atoms with E-state index in [1.807, 2.05) is 18.2 Å². The van der Waals surface area contributed by atoms with Crippen molar-refractivity contribution in [2.75, 3.05) is 0 Å². The fraction of sp³-hybridized carbons (Fsp3) is 0.0833. The molecule has 0 unspecified atom stereocenters. The molecule has 15 heavy (non-hydrogen) atoms. The topological polar surface area (TPSA) is 37.3 Å². The Kier molecular flexibility index (Phi) is 4.13. The summed E-state index contributed by atoms with van der Waals surface area (Å²) in [5.74, 6) is -0.962. The Morgan fingerprint density at radius 3 is 2.53 bits per heavy atom. The fourth-order valence-corrected chi connectivity index (χ4v) is 1.12. The molecule has 3 heteroatoms. The first-order valence-electron chi connectivity index (χ1n) is 4.43. The number of allylic oxidation sites excluding steroid dienone is 1. The van der Waals surface area contributed by atoms with E-state index in [4.69, 9.17) is 16.7 Å². The van der Waals surface area contributed by atoms with Crippen molar-refractivity contribution in [1.29, 1.82) is 0 Å². The second kappa shape index (κ2) is 5.37. The Balaban J connectivity index is 2.55. The maximum Gasteiger partial charge on any atom is 0.331 e. The molecule has 0 aliphatic carbocycles. The fourth-order valence-electron chi connectivity index (χ4n) is 0.998. The first-order chi connectivity index (χ1) is 7.09. The quantitative estimate of drug-likeness (QED) is 0.793. The number of aliphatic carboxylic acids is 1. The van der Waals surface area contributed by atoms with Gasteiger partial charge in [-0.05, 0) is 24.1 Å². The molecule has 0 amide bonds. The molecule has 0 aromatic heterocycles. The lowest BCUT2D eigenvalue weighted by Gasteiger charge is -1.95. The van der Waals surface area contributed by atoms with Crippen molar-refractivity contribution in [3.63, 3.8) is 0 Å². The van der Waals surface area contributed by atoms with Crippen LogP contribution in [0.1, 0.15) is 12.0 Å². The molecule has 0 spiro atoms. The van der Waals surface area contributed by atoms with E-state index in [2.05, 4.69) is 6.58 Å². The van der Waals surface area contributed by atoms with Crippen molar-refractivity contribution in [2.24, 2.45) is 0 Å². The SMILES string of the molecule is C=C(C/C=C/c1ccc(Cl)cc1)C(=O)O. The number of rotatable bonds is 4. The second-order valence-corrected chi connectivity index (χ2v) is 3.50. The van der Waals surface area contributed by atoms with Crippen LogP contribution in [0.15, 0.2) is 42.5 Å². The summed E-state index contributed by atoms with van der Waals surface area (Å²) in [6, 6.07) is 7.30. The Morgan fingerprint density at radius 2 is 2.00 bits per heavy atom. The molecule has 0 heterocycles. The zero-order chi connectivity index (χ0) is 11.3. The predicted octanol–water partition coefficient (Wildman–Crippen LogP) is 3.38. The molecule has 0 radical (unpaired) electrons. The van der Waals surface area contributed by atoms with Gasteiger partial charge in [0.2, 0.25) is 0 Å². The molecule has 0 aliphatic heterocycles. The smallest absolute Gasteiger partial charge is 0.331 e. The van der Waals surface area contributed by atoms with Crippen molar-refractivity contribution < 1.29 is 9.90 Å². The lowest BCUT2D eigenvalue weighted by molar-refractivity contribution is -0.132. The summed E-state index contributed by atoms with van der Waals surface area (Å²) >= 11 is 5.72. The lowest BCUT2D eigenvalue weighted by Crippen LogP contribution is -1.96. The van der Waals surface area contributed by atoms with Crippen molar-refractivity contribution in [3.8, 4) is 0 Å². The first kappa shape index (κ1) is 11.5. The normalized spacial score (nSPS) is 10.5. The van der Waals surface area contributed by atoms with Crippen molar-refractivity contribution in [3.05, 3.63) is 53.1 Å². The van der Waals surface area contributed by atoms with E-state index in [0.29, 0.717) is 11.4 Å². The van der Waals surface area contributed by atoms with Crippen LogP contribution < -0.4 is 0 Å². The van der Waals surface area contributed by atoms with Gasteiger partial charge in [0, 0.05) is 10.6 Å². The number of hydrogen-bond acceptors (Lipinski definition) is 1. The molecule has 78 valence electrons. The van der Waals surface area contributed by atoms with Crippen LogP contribution in [-0.4, -0.2) is 11.1 Å². The van der Waals surface area contributed by atoms with Gasteiger partial charge < -0.3 is 5.11 Å². The molecule has 2 nitrogen and oxygen atoms in total. The van der Waals surface area contributed by atoms with Gasteiger partial charge in [-0.3, -0.25) is 0 Å². The van der Waals surface area contributed by atoms with E-state index in [1.165, 1.54) is 0 Å². The molecule has 1 aromatic carbocycles. The van der Waals surface area contributed by atoms with Crippen LogP contribution in [0.2, 0.25) is 5.02 Å². The van der Waals surface area contributed by atoms with E-state index in [0.717, 1.165) is 5.56 Å². The van der Waals surface area contributed by atoms with E-state index < -0.39 is 5.97 Å². The van der Waals surface area contributed by atoms with Gasteiger partial charge in [0.05, 0.1) is 0 Å². The number of carboxylic acids is 1. The zero-order valence-electron chi connectivity index (χ0n) is 8.11. The second-order valence-electron chi connectivity index (χ2n) is 3.07. The van der Waals surface area contributed by atoms with Gasteiger partial charge in [0.15, 0.2) is 0 Å². The van der Waals surface area contributed by atoms with Gasteiger partial charge >= 0.3 is 5.97 Å². The number of benzene rings is 1. The summed E-state index contributed by atoms with van der Waals surface area (Å²) in [5, 5.41) is 9.25. The highest BCUT2D eigenvalue weighted by atomic mass is 35.5. The first-order valence-corrected chi connectivity index (χ1v) is 4.80. The molecule has 1 N–H and O–H groups in total. The van der Waals surface area contributed by atoms with Gasteiger partial charge in [0.25, 0.3) is 0 Å². The van der Waals surface area contributed by atoms with Gasteiger partial charge in [0.1, 0.15) is 0 Å². The van der Waals surface area contributed by atoms with Crippen molar-refractivity contribution in [1.82, 2.24) is 0 Å². The maximum absolute atomic E-state index is 10.4. The van der Waals surface area contributed by atoms with Gasteiger partial charge in [-0.25, -0.2) is 4.79 Å². The van der Waals surface area contributed by atoms with E-state index in [-0.39, 0.29) is 5.57 Å². The van der Waals surface area contributed by atoms with Crippen molar-refractivity contribution >= 4 is 23.6 Å². The van der Waals surface area contributed by atoms with Gasteiger partial charge in [-0.2, -0.15) is 0 Å². The third kappa shape index (κ3) is 4.00. The summed E-state index contributed by atoms with van der Waals surface area (Å²) in [4.78, 5) is 10.4. The molecule has 0 saturated heterocycles. The highest BCUT2D eigenvalue weighted by Crippen LogP contribution is 2.11. The summed E-state index contributed by atoms with van der Waals surface area (Å²) < 4.78 is 0. The third-order valence-electron chi connectivity index (χ3n) is 1.85. The zero-order valence-corrected chi connectivity index (χ0v) is 8.87. The standard InChI is InChI=1S/C12H11ClO2/c1-9(12(14)15)3-2-4-10-5-7-11(13)8-6-10/h2,4-8H,1,3H2,(H,14,15)/b4-2+. The molecule has 0 saturated carbocycles. The maximum atomic E-state index is 10.4. The largest absolute Gasteiger partial charge is 0.478 e. The average molecular weight is 223 g/mol. The van der Waals surface area contributed by atoms with Crippen LogP contribution in [-0.2, 0) is 4.79 Å². The number of halogens is 1. The van der Waals surface area contributed by atoms with Gasteiger partial charge in [-0.1, -0.05) is 42.5 Å². The third-order valence-corrected chi connectivity index (χ3v) is 2.10. The Morgan fingerprint density at radius 1 is 1.40 bits per heavy atom. The minimum atomic E-state index is -0.962. The monoisotopic (exact) mass is 222 g/mol. The van der Waals surface area contributed by atoms with Crippen LogP contribution in [0.4, 0.5) is 0 Å². The number of carbonyl (C=O) groups is 1. The lowest BCUT2D eigenvalue weighted by atomic mass is 10.1. The van der Waals surface area contributed by atoms with Crippen LogP contribution in [0.5, 0.6) is 0 Å². The molecule has 0 bridgehead atoms. The Hall–Kier alpha value is -1.54. The Bertz CT molecular complexity index is 391. The highest BCUT2D eigenvalue weighted by Gasteiger charge is 1.99. The number of hydrogen-bond donors (Lipinski definition) is 1. The van der Waals surface area contributed by atoms with Crippen LogP contribution >= 0.6 is 11.6 Å². The molecular weight excluding hydrogens is 212 g/mol. The molecular formula is C12H11ClO2. The average Bonchev–Trinajstić information content (AvgIpc) is 2.20. The molecule has 1 rings (SSSR count). The Labute approximate surface area is 93.5 Å². The minimum absolute atomic E-state index is 0.181. The van der Waals surface area contributed by atoms with Gasteiger partial charge in [-0.15, -0.1) is 0 Å². The van der Waals surface area contributed by atoms with Crippen molar-refractivity contribution in [2.45, 2.75) is 6.42 Å². The predicted molar refractivity (Wildman–Crippen MR) is 61.9 cm³/mol. The summed E-state index contributed by atoms with van der Waals surface area (Å²) in [6.45, 7) is 3.43.